The molecule has 0 aliphatic heterocycles. The quantitative estimate of drug-likeness (QED) is 0.306. The van der Waals surface area contributed by atoms with Crippen LogP contribution >= 0.6 is 0 Å². The Labute approximate surface area is 121 Å². The van der Waals surface area contributed by atoms with Gasteiger partial charge in [-0.1, -0.05) is 13.2 Å². The molecule has 0 fully saturated rings. The van der Waals surface area contributed by atoms with Gasteiger partial charge in [0.15, 0.2) is 0 Å². The molecule has 6 heteroatoms. The molecule has 112 valence electrons. The zero-order valence-corrected chi connectivity index (χ0v) is 13.2. The summed E-state index contributed by atoms with van der Waals surface area (Å²) in [5, 5.41) is 7.89. The summed E-state index contributed by atoms with van der Waals surface area (Å²) in [5.41, 5.74) is 0.616. The van der Waals surface area contributed by atoms with Crippen molar-refractivity contribution in [1.82, 2.24) is 0 Å². The highest BCUT2D eigenvalue weighted by Gasteiger charge is 2.22. The van der Waals surface area contributed by atoms with Gasteiger partial charge in [0.1, 0.15) is 0 Å². The largest absolute Gasteiger partial charge is 1.00 e. The van der Waals surface area contributed by atoms with Gasteiger partial charge in [-0.15, -0.1) is 0 Å². The topological polar surface area (TPSA) is 63.6 Å². The van der Waals surface area contributed by atoms with Crippen LogP contribution in [0, 0.1) is 0 Å². The number of aliphatic carboxylic acids is 1. The molecule has 1 atom stereocenters. The number of carboxylic acid groups (broad SMARTS) is 1. The van der Waals surface area contributed by atoms with E-state index in [2.05, 4.69) is 13.2 Å². The molecule has 0 spiro atoms. The molecule has 1 unspecified atom stereocenters. The fourth-order valence-corrected chi connectivity index (χ4v) is 0.414. The van der Waals surface area contributed by atoms with E-state index in [0.717, 1.165) is 0 Å². The summed E-state index contributed by atoms with van der Waals surface area (Å²) >= 11 is 0. The molecular formula is C13H24ClNO4. The minimum Gasteiger partial charge on any atom is -1.00 e. The van der Waals surface area contributed by atoms with E-state index in [-0.39, 0.29) is 30.2 Å². The Morgan fingerprint density at radius 3 is 1.58 bits per heavy atom. The molecular weight excluding hydrogens is 270 g/mol. The third kappa shape index (κ3) is 12.9. The summed E-state index contributed by atoms with van der Waals surface area (Å²) < 4.78 is 5.71. The van der Waals surface area contributed by atoms with Crippen LogP contribution in [0.15, 0.2) is 24.3 Å². The lowest BCUT2D eigenvalue weighted by Crippen LogP contribution is -3.00. The summed E-state index contributed by atoms with van der Waals surface area (Å²) in [6.07, 6.45) is -0.144. The predicted molar refractivity (Wildman–Crippen MR) is 70.9 cm³/mol. The Bertz CT molecular complexity index is 333. The van der Waals surface area contributed by atoms with E-state index >= 15 is 0 Å². The highest BCUT2D eigenvalue weighted by Crippen LogP contribution is 2.06. The molecule has 1 N–H and O–H groups in total. The van der Waals surface area contributed by atoms with Gasteiger partial charge in [0, 0.05) is 18.1 Å². The molecule has 0 aliphatic carbocycles. The lowest BCUT2D eigenvalue weighted by Gasteiger charge is -2.30. The Balaban J connectivity index is -0.000000313. The highest BCUT2D eigenvalue weighted by molar-refractivity contribution is 5.87. The van der Waals surface area contributed by atoms with Crippen LogP contribution in [0.4, 0.5) is 0 Å². The summed E-state index contributed by atoms with van der Waals surface area (Å²) in [4.78, 5) is 20.7. The van der Waals surface area contributed by atoms with E-state index < -0.39 is 5.97 Å². The third-order valence-corrected chi connectivity index (χ3v) is 2.08. The predicted octanol–water partition coefficient (Wildman–Crippen LogP) is -1.19. The molecule has 0 aromatic heterocycles. The Morgan fingerprint density at radius 1 is 1.11 bits per heavy atom. The van der Waals surface area contributed by atoms with Gasteiger partial charge in [0.25, 0.3) is 0 Å². The zero-order chi connectivity index (χ0) is 15.1. The minimum absolute atomic E-state index is 0. The molecule has 0 rings (SSSR count). The van der Waals surface area contributed by atoms with Crippen molar-refractivity contribution in [1.29, 1.82) is 0 Å². The normalized spacial score (nSPS) is 11.1. The first-order valence-electron chi connectivity index (χ1n) is 5.46. The molecule has 0 heterocycles. The van der Waals surface area contributed by atoms with Gasteiger partial charge < -0.3 is 22.3 Å². The summed E-state index contributed by atoms with van der Waals surface area (Å²) in [6, 6.07) is 0. The monoisotopic (exact) mass is 293 g/mol. The number of hydrogen-bond acceptors (Lipinski definition) is 3. The van der Waals surface area contributed by atoms with Crippen LogP contribution in [0.1, 0.15) is 20.8 Å². The molecule has 0 saturated heterocycles. The van der Waals surface area contributed by atoms with Crippen LogP contribution in [0.25, 0.3) is 0 Å². The number of halogens is 1. The number of hydrogen-bond donors (Lipinski definition) is 1. The van der Waals surface area contributed by atoms with Crippen molar-refractivity contribution >= 4 is 11.9 Å². The maximum atomic E-state index is 11.1. The van der Waals surface area contributed by atoms with Gasteiger partial charge in [0.2, 0.25) is 6.23 Å². The van der Waals surface area contributed by atoms with Crippen LogP contribution in [0.2, 0.25) is 0 Å². The lowest BCUT2D eigenvalue weighted by molar-refractivity contribution is -0.914. The smallest absolute Gasteiger partial charge is 0.337 e. The SMILES string of the molecule is C=C(C)C(=O)O.C=C(C)C(=O)OC(C)[N+](C)(C)C.[Cl-]. The summed E-state index contributed by atoms with van der Waals surface area (Å²) in [5.74, 6) is -1.26. The second-order valence-corrected chi connectivity index (χ2v) is 4.99. The van der Waals surface area contributed by atoms with Crippen molar-refractivity contribution in [3.05, 3.63) is 24.3 Å². The van der Waals surface area contributed by atoms with Gasteiger partial charge >= 0.3 is 11.9 Å². The van der Waals surface area contributed by atoms with Crippen LogP contribution in [0.3, 0.4) is 0 Å². The van der Waals surface area contributed by atoms with Crippen molar-refractivity contribution in [2.45, 2.75) is 27.0 Å². The van der Waals surface area contributed by atoms with Crippen LogP contribution in [-0.2, 0) is 14.3 Å². The number of rotatable bonds is 4. The number of carboxylic acids is 1. The molecule has 0 aromatic rings. The van der Waals surface area contributed by atoms with Gasteiger partial charge in [-0.3, -0.25) is 4.48 Å². The molecule has 19 heavy (non-hydrogen) atoms. The number of esters is 1. The number of nitrogens with zero attached hydrogens (tertiary/aromatic N) is 1. The van der Waals surface area contributed by atoms with E-state index in [0.29, 0.717) is 10.1 Å². The average molecular weight is 294 g/mol. The zero-order valence-electron chi connectivity index (χ0n) is 12.5. The fraction of sp³-hybridized carbons (Fsp3) is 0.538. The van der Waals surface area contributed by atoms with Crippen LogP contribution in [-0.4, -0.2) is 48.9 Å². The molecule has 0 aliphatic rings. The molecule has 0 amide bonds. The van der Waals surface area contributed by atoms with Crippen molar-refractivity contribution in [2.24, 2.45) is 0 Å². The van der Waals surface area contributed by atoms with Crippen molar-refractivity contribution < 1.29 is 36.3 Å². The summed E-state index contributed by atoms with van der Waals surface area (Å²) in [6.45, 7) is 11.6. The maximum Gasteiger partial charge on any atom is 0.337 e. The van der Waals surface area contributed by atoms with Crippen molar-refractivity contribution in [3.8, 4) is 0 Å². The fourth-order valence-electron chi connectivity index (χ4n) is 0.414. The Kier molecular flexibility index (Phi) is 11.5. The Hall–Kier alpha value is -1.33. The van der Waals surface area contributed by atoms with Gasteiger partial charge in [0.05, 0.1) is 21.1 Å². The summed E-state index contributed by atoms with van der Waals surface area (Å²) in [7, 11) is 5.91. The molecule has 5 nitrogen and oxygen atoms in total. The first-order valence-corrected chi connectivity index (χ1v) is 5.46. The lowest BCUT2D eigenvalue weighted by atomic mass is 10.3. The maximum absolute atomic E-state index is 11.1. The van der Waals surface area contributed by atoms with E-state index in [1.54, 1.807) is 6.92 Å². The van der Waals surface area contributed by atoms with E-state index in [1.165, 1.54) is 6.92 Å². The Morgan fingerprint density at radius 2 is 1.42 bits per heavy atom. The second kappa shape index (κ2) is 9.58. The third-order valence-electron chi connectivity index (χ3n) is 2.08. The highest BCUT2D eigenvalue weighted by atomic mass is 35.5. The number of ether oxygens (including phenoxy) is 1. The molecule has 0 aromatic carbocycles. The number of carbonyl (C=O) groups is 2. The van der Waals surface area contributed by atoms with Gasteiger partial charge in [-0.2, -0.15) is 0 Å². The molecule has 0 saturated carbocycles. The van der Waals surface area contributed by atoms with Crippen LogP contribution in [0.5, 0.6) is 0 Å². The van der Waals surface area contributed by atoms with E-state index in [1.807, 2.05) is 28.1 Å². The standard InChI is InChI=1S/C9H18NO2.C4H6O2.ClH/c1-7(2)9(11)12-8(3)10(4,5)6;1-3(2)4(5)6;/h8H,1H2,2-6H3;1H2,2H3,(H,5,6);1H/q+1;;/p-1. The van der Waals surface area contributed by atoms with Crippen molar-refractivity contribution in [2.75, 3.05) is 21.1 Å². The number of quaternary nitrogens is 1. The average Bonchev–Trinajstić information content (AvgIpc) is 2.16. The van der Waals surface area contributed by atoms with Crippen LogP contribution < -0.4 is 12.4 Å². The second-order valence-electron chi connectivity index (χ2n) is 4.99. The van der Waals surface area contributed by atoms with E-state index in [4.69, 9.17) is 9.84 Å². The minimum atomic E-state index is -0.935. The van der Waals surface area contributed by atoms with Crippen molar-refractivity contribution in [3.63, 3.8) is 0 Å². The number of carbonyl (C=O) groups excluding carboxylic acids is 1. The molecule has 0 bridgehead atoms. The van der Waals surface area contributed by atoms with Gasteiger partial charge in [-0.05, 0) is 13.8 Å². The van der Waals surface area contributed by atoms with Gasteiger partial charge in [-0.25, -0.2) is 9.59 Å². The first-order chi connectivity index (χ1) is 7.89. The molecule has 0 radical (unpaired) electrons. The van der Waals surface area contributed by atoms with E-state index in [9.17, 15) is 9.59 Å². The first kappa shape index (κ1) is 22.8.